The quantitative estimate of drug-likeness (QED) is 0.904. The fourth-order valence-electron chi connectivity index (χ4n) is 2.58. The van der Waals surface area contributed by atoms with Crippen molar-refractivity contribution in [3.8, 4) is 11.3 Å². The topological polar surface area (TPSA) is 56.6 Å². The number of aliphatic hydroxyl groups is 2. The summed E-state index contributed by atoms with van der Waals surface area (Å²) in [6.07, 6.45) is -0.400. The lowest BCUT2D eigenvalue weighted by atomic mass is 10.1. The number of thiazole rings is 1. The van der Waals surface area contributed by atoms with Crippen molar-refractivity contribution in [2.45, 2.75) is 25.2 Å². The van der Waals surface area contributed by atoms with Gasteiger partial charge in [-0.1, -0.05) is 30.3 Å². The molecule has 1 aliphatic rings. The van der Waals surface area contributed by atoms with Gasteiger partial charge in [0, 0.05) is 30.5 Å². The smallest absolute Gasteiger partial charge is 0.107 e. The minimum atomic E-state index is -0.438. The van der Waals surface area contributed by atoms with Crippen LogP contribution in [0.4, 0.5) is 0 Å². The molecule has 4 nitrogen and oxygen atoms in total. The maximum absolute atomic E-state index is 9.69. The second kappa shape index (κ2) is 6.01. The summed E-state index contributed by atoms with van der Waals surface area (Å²) in [6, 6.07) is 10.1. The third-order valence-corrected chi connectivity index (χ3v) is 4.30. The third-order valence-electron chi connectivity index (χ3n) is 3.46. The molecule has 1 aliphatic heterocycles. The Morgan fingerprint density at radius 3 is 2.55 bits per heavy atom. The van der Waals surface area contributed by atoms with Crippen LogP contribution in [0.5, 0.6) is 0 Å². The molecule has 5 heteroatoms. The standard InChI is InChI=1S/C15H18N2O2S/c18-12-6-13(19)8-17(7-12)9-15-16-14(10-20-15)11-4-2-1-3-5-11/h1-5,10,12-13,18-19H,6-9H2/t12-,13-/m1/s1. The zero-order valence-corrected chi connectivity index (χ0v) is 12.0. The molecule has 1 aromatic carbocycles. The number of hydrogen-bond donors (Lipinski definition) is 2. The van der Waals surface area contributed by atoms with Crippen molar-refractivity contribution in [1.82, 2.24) is 9.88 Å². The maximum atomic E-state index is 9.69. The number of aliphatic hydroxyl groups excluding tert-OH is 2. The summed E-state index contributed by atoms with van der Waals surface area (Å²) >= 11 is 1.62. The predicted octanol–water partition coefficient (Wildman–Crippen LogP) is 1.74. The van der Waals surface area contributed by atoms with E-state index in [2.05, 4.69) is 15.3 Å². The van der Waals surface area contributed by atoms with Crippen LogP contribution < -0.4 is 0 Å². The first-order valence-corrected chi connectivity index (χ1v) is 7.67. The SMILES string of the molecule is O[C@@H]1C[C@@H](O)CN(Cc2nc(-c3ccccc3)cs2)C1. The first-order valence-electron chi connectivity index (χ1n) is 6.79. The molecular weight excluding hydrogens is 272 g/mol. The van der Waals surface area contributed by atoms with Crippen LogP contribution >= 0.6 is 11.3 Å². The van der Waals surface area contributed by atoms with Gasteiger partial charge in [0.2, 0.25) is 0 Å². The van der Waals surface area contributed by atoms with Gasteiger partial charge >= 0.3 is 0 Å². The zero-order valence-electron chi connectivity index (χ0n) is 11.1. The Morgan fingerprint density at radius 1 is 1.15 bits per heavy atom. The fourth-order valence-corrected chi connectivity index (χ4v) is 3.42. The first-order chi connectivity index (χ1) is 9.70. The van der Waals surface area contributed by atoms with Gasteiger partial charge < -0.3 is 10.2 Å². The van der Waals surface area contributed by atoms with Gasteiger partial charge in [0.25, 0.3) is 0 Å². The number of β-amino-alcohol motifs (C(OH)–C–C–N with tert-alkyl or cyclic N) is 2. The van der Waals surface area contributed by atoms with E-state index in [1.807, 2.05) is 30.3 Å². The lowest BCUT2D eigenvalue weighted by molar-refractivity contribution is -0.0110. The minimum absolute atomic E-state index is 0.438. The molecule has 2 aromatic rings. The molecule has 2 heterocycles. The van der Waals surface area contributed by atoms with Crippen LogP contribution in [0.15, 0.2) is 35.7 Å². The van der Waals surface area contributed by atoms with Gasteiger partial charge in [-0.25, -0.2) is 4.98 Å². The first kappa shape index (κ1) is 13.7. The van der Waals surface area contributed by atoms with Crippen molar-refractivity contribution >= 4 is 11.3 Å². The molecule has 3 rings (SSSR count). The van der Waals surface area contributed by atoms with Gasteiger partial charge in [-0.3, -0.25) is 4.90 Å². The highest BCUT2D eigenvalue weighted by atomic mass is 32.1. The summed E-state index contributed by atoms with van der Waals surface area (Å²) < 4.78 is 0. The van der Waals surface area contributed by atoms with Gasteiger partial charge in [0.15, 0.2) is 0 Å². The Labute approximate surface area is 122 Å². The van der Waals surface area contributed by atoms with Crippen LogP contribution in [0.2, 0.25) is 0 Å². The highest BCUT2D eigenvalue weighted by Crippen LogP contribution is 2.23. The molecule has 0 saturated carbocycles. The summed E-state index contributed by atoms with van der Waals surface area (Å²) in [7, 11) is 0. The highest BCUT2D eigenvalue weighted by Gasteiger charge is 2.24. The number of likely N-dealkylation sites (tertiary alicyclic amines) is 1. The maximum Gasteiger partial charge on any atom is 0.107 e. The van der Waals surface area contributed by atoms with E-state index in [4.69, 9.17) is 0 Å². The summed E-state index contributed by atoms with van der Waals surface area (Å²) in [5.41, 5.74) is 2.11. The Kier molecular flexibility index (Phi) is 4.12. The molecule has 0 bridgehead atoms. The molecule has 2 N–H and O–H groups in total. The van der Waals surface area contributed by atoms with Crippen LogP contribution in [0.25, 0.3) is 11.3 Å². The number of benzene rings is 1. The normalized spacial score (nSPS) is 23.9. The molecular formula is C15H18N2O2S. The van der Waals surface area contributed by atoms with E-state index >= 15 is 0 Å². The molecule has 20 heavy (non-hydrogen) atoms. The summed E-state index contributed by atoms with van der Waals surface area (Å²) in [4.78, 5) is 6.70. The number of hydrogen-bond acceptors (Lipinski definition) is 5. The van der Waals surface area contributed by atoms with Crippen LogP contribution in [0, 0.1) is 0 Å². The third kappa shape index (κ3) is 3.24. The highest BCUT2D eigenvalue weighted by molar-refractivity contribution is 7.09. The number of nitrogens with zero attached hydrogens (tertiary/aromatic N) is 2. The monoisotopic (exact) mass is 290 g/mol. The second-order valence-electron chi connectivity index (χ2n) is 5.23. The number of rotatable bonds is 3. The van der Waals surface area contributed by atoms with E-state index in [1.54, 1.807) is 11.3 Å². The predicted molar refractivity (Wildman–Crippen MR) is 79.5 cm³/mol. The minimum Gasteiger partial charge on any atom is -0.392 e. The van der Waals surface area contributed by atoms with E-state index < -0.39 is 12.2 Å². The van der Waals surface area contributed by atoms with Crippen LogP contribution in [0.1, 0.15) is 11.4 Å². The van der Waals surface area contributed by atoms with Crippen molar-refractivity contribution in [3.05, 3.63) is 40.7 Å². The molecule has 1 saturated heterocycles. The van der Waals surface area contributed by atoms with Crippen molar-refractivity contribution in [3.63, 3.8) is 0 Å². The van der Waals surface area contributed by atoms with Gasteiger partial charge in [0.1, 0.15) is 5.01 Å². The Balaban J connectivity index is 1.68. The van der Waals surface area contributed by atoms with Crippen molar-refractivity contribution in [2.24, 2.45) is 0 Å². The Morgan fingerprint density at radius 2 is 1.85 bits per heavy atom. The molecule has 0 radical (unpaired) electrons. The van der Waals surface area contributed by atoms with E-state index in [0.29, 0.717) is 26.1 Å². The Bertz CT molecular complexity index is 548. The fraction of sp³-hybridized carbons (Fsp3) is 0.400. The van der Waals surface area contributed by atoms with E-state index in [-0.39, 0.29) is 0 Å². The van der Waals surface area contributed by atoms with Crippen LogP contribution in [-0.4, -0.2) is 45.4 Å². The van der Waals surface area contributed by atoms with Gasteiger partial charge in [-0.05, 0) is 0 Å². The Hall–Kier alpha value is -1.27. The van der Waals surface area contributed by atoms with Crippen molar-refractivity contribution in [1.29, 1.82) is 0 Å². The summed E-state index contributed by atoms with van der Waals surface area (Å²) in [6.45, 7) is 1.90. The molecule has 1 aromatic heterocycles. The lowest BCUT2D eigenvalue weighted by Gasteiger charge is -2.32. The largest absolute Gasteiger partial charge is 0.392 e. The molecule has 0 spiro atoms. The molecule has 106 valence electrons. The molecule has 1 fully saturated rings. The lowest BCUT2D eigenvalue weighted by Crippen LogP contribution is -2.45. The van der Waals surface area contributed by atoms with Crippen molar-refractivity contribution < 1.29 is 10.2 Å². The average Bonchev–Trinajstić information content (AvgIpc) is 2.87. The van der Waals surface area contributed by atoms with E-state index in [9.17, 15) is 10.2 Å². The van der Waals surface area contributed by atoms with E-state index in [0.717, 1.165) is 16.3 Å². The molecule has 2 atom stereocenters. The molecule has 0 amide bonds. The van der Waals surface area contributed by atoms with E-state index in [1.165, 1.54) is 0 Å². The molecule has 0 aliphatic carbocycles. The zero-order chi connectivity index (χ0) is 13.9. The number of aromatic nitrogens is 1. The van der Waals surface area contributed by atoms with Crippen LogP contribution in [0.3, 0.4) is 0 Å². The van der Waals surface area contributed by atoms with Crippen LogP contribution in [-0.2, 0) is 6.54 Å². The number of piperidine rings is 1. The average molecular weight is 290 g/mol. The summed E-state index contributed by atoms with van der Waals surface area (Å²) in [5.74, 6) is 0. The van der Waals surface area contributed by atoms with Gasteiger partial charge in [0.05, 0.1) is 24.4 Å². The summed E-state index contributed by atoms with van der Waals surface area (Å²) in [5, 5.41) is 22.5. The van der Waals surface area contributed by atoms with Crippen molar-refractivity contribution in [2.75, 3.05) is 13.1 Å². The van der Waals surface area contributed by atoms with Gasteiger partial charge in [-0.15, -0.1) is 11.3 Å². The second-order valence-corrected chi connectivity index (χ2v) is 6.17. The van der Waals surface area contributed by atoms with Gasteiger partial charge in [-0.2, -0.15) is 0 Å². The molecule has 0 unspecified atom stereocenters.